The van der Waals surface area contributed by atoms with Crippen molar-refractivity contribution in [1.82, 2.24) is 15.2 Å². The molecule has 0 radical (unpaired) electrons. The lowest BCUT2D eigenvalue weighted by Gasteiger charge is -2.28. The zero-order chi connectivity index (χ0) is 22.5. The molecule has 0 atom stereocenters. The van der Waals surface area contributed by atoms with Gasteiger partial charge in [-0.3, -0.25) is 14.5 Å². The Hall–Kier alpha value is -3.18. The molecule has 0 bridgehead atoms. The third-order valence-electron chi connectivity index (χ3n) is 5.29. The highest BCUT2D eigenvalue weighted by Crippen LogP contribution is 2.22. The number of anilines is 3. The van der Waals surface area contributed by atoms with Gasteiger partial charge in [-0.05, 0) is 24.3 Å². The minimum atomic E-state index is -0.271. The number of carbonyl (C=O) groups excluding carboxylic acids is 3. The quantitative estimate of drug-likeness (QED) is 0.645. The van der Waals surface area contributed by atoms with Crippen LogP contribution in [0.3, 0.4) is 0 Å². The molecule has 2 aliphatic rings. The van der Waals surface area contributed by atoms with Crippen LogP contribution in [0.25, 0.3) is 0 Å². The summed E-state index contributed by atoms with van der Waals surface area (Å²) in [4.78, 5) is 46.2. The van der Waals surface area contributed by atoms with E-state index in [2.05, 4.69) is 20.5 Å². The smallest absolute Gasteiger partial charge is 0.323 e. The lowest BCUT2D eigenvalue weighted by Crippen LogP contribution is -2.36. The van der Waals surface area contributed by atoms with Crippen molar-refractivity contribution in [1.29, 1.82) is 0 Å². The van der Waals surface area contributed by atoms with Crippen LogP contribution in [0.4, 0.5) is 21.3 Å². The van der Waals surface area contributed by atoms with E-state index < -0.39 is 0 Å². The number of amides is 4. The Labute approximate surface area is 190 Å². The zero-order valence-electron chi connectivity index (χ0n) is 17.9. The summed E-state index contributed by atoms with van der Waals surface area (Å²) in [5.74, 6) is -0.488. The number of carbonyl (C=O) groups is 3. The van der Waals surface area contributed by atoms with E-state index in [1.807, 2.05) is 24.3 Å². The van der Waals surface area contributed by atoms with Crippen molar-refractivity contribution in [3.8, 4) is 0 Å². The maximum atomic E-state index is 12.5. The van der Waals surface area contributed by atoms with E-state index >= 15 is 0 Å². The van der Waals surface area contributed by atoms with Gasteiger partial charge >= 0.3 is 6.03 Å². The van der Waals surface area contributed by atoms with Crippen molar-refractivity contribution in [2.75, 3.05) is 68.1 Å². The molecule has 2 fully saturated rings. The molecule has 4 rings (SSSR count). The molecular weight excluding hydrogens is 432 g/mol. The summed E-state index contributed by atoms with van der Waals surface area (Å²) >= 11 is 1.32. The Balaban J connectivity index is 1.25. The molecule has 2 aromatic rings. The molecule has 0 spiro atoms. The molecule has 3 heterocycles. The number of nitrogens with one attached hydrogen (secondary N) is 2. The molecule has 11 heteroatoms. The third kappa shape index (κ3) is 5.35. The third-order valence-corrected chi connectivity index (χ3v) is 6.21. The van der Waals surface area contributed by atoms with Crippen molar-refractivity contribution in [2.24, 2.45) is 0 Å². The molecule has 1 aromatic heterocycles. The molecule has 10 nitrogen and oxygen atoms in total. The lowest BCUT2D eigenvalue weighted by molar-refractivity contribution is -0.132. The number of hydrogen-bond acceptors (Lipinski definition) is 7. The zero-order valence-corrected chi connectivity index (χ0v) is 18.7. The van der Waals surface area contributed by atoms with E-state index in [1.165, 1.54) is 16.2 Å². The van der Waals surface area contributed by atoms with Gasteiger partial charge in [-0.15, -0.1) is 11.3 Å². The van der Waals surface area contributed by atoms with Crippen LogP contribution in [-0.4, -0.2) is 80.7 Å². The highest BCUT2D eigenvalue weighted by Gasteiger charge is 2.24. The van der Waals surface area contributed by atoms with Crippen LogP contribution in [0.5, 0.6) is 0 Å². The Bertz CT molecular complexity index is 973. The molecule has 1 aromatic carbocycles. The van der Waals surface area contributed by atoms with E-state index in [-0.39, 0.29) is 30.8 Å². The molecule has 0 aliphatic carbocycles. The van der Waals surface area contributed by atoms with Crippen molar-refractivity contribution in [2.45, 2.75) is 6.42 Å². The van der Waals surface area contributed by atoms with Crippen molar-refractivity contribution >= 4 is 45.7 Å². The first-order chi connectivity index (χ1) is 15.5. The average Bonchev–Trinajstić information content (AvgIpc) is 3.43. The van der Waals surface area contributed by atoms with Crippen molar-refractivity contribution in [3.05, 3.63) is 35.3 Å². The second kappa shape index (κ2) is 9.96. The fraction of sp³-hybridized carbons (Fsp3) is 0.429. The first kappa shape index (κ1) is 22.0. The summed E-state index contributed by atoms with van der Waals surface area (Å²) in [7, 11) is 1.59. The van der Waals surface area contributed by atoms with Crippen LogP contribution in [0.2, 0.25) is 0 Å². The van der Waals surface area contributed by atoms with Crippen LogP contribution in [0.15, 0.2) is 29.6 Å². The minimum absolute atomic E-state index is 0.0599. The molecule has 32 heavy (non-hydrogen) atoms. The highest BCUT2D eigenvalue weighted by molar-refractivity contribution is 7.14. The van der Waals surface area contributed by atoms with Gasteiger partial charge in [-0.25, -0.2) is 9.78 Å². The van der Waals surface area contributed by atoms with E-state index in [9.17, 15) is 14.4 Å². The monoisotopic (exact) mass is 458 g/mol. The average molecular weight is 459 g/mol. The fourth-order valence-electron chi connectivity index (χ4n) is 3.53. The molecule has 0 saturated carbocycles. The van der Waals surface area contributed by atoms with Crippen LogP contribution >= 0.6 is 11.3 Å². The van der Waals surface area contributed by atoms with Gasteiger partial charge in [-0.1, -0.05) is 0 Å². The van der Waals surface area contributed by atoms with Gasteiger partial charge in [0.05, 0.1) is 31.9 Å². The van der Waals surface area contributed by atoms with Gasteiger partial charge in [0, 0.05) is 50.0 Å². The number of ether oxygens (including phenoxy) is 1. The van der Waals surface area contributed by atoms with E-state index in [1.54, 1.807) is 17.3 Å². The largest absolute Gasteiger partial charge is 0.378 e. The molecule has 2 N–H and O–H groups in total. The van der Waals surface area contributed by atoms with Gasteiger partial charge in [0.1, 0.15) is 0 Å². The fourth-order valence-corrected chi connectivity index (χ4v) is 4.38. The predicted molar refractivity (Wildman–Crippen MR) is 122 cm³/mol. The maximum Gasteiger partial charge on any atom is 0.323 e. The van der Waals surface area contributed by atoms with Gasteiger partial charge in [-0.2, -0.15) is 0 Å². The second-order valence-corrected chi connectivity index (χ2v) is 8.46. The summed E-state index contributed by atoms with van der Waals surface area (Å²) in [6.45, 7) is 4.22. The van der Waals surface area contributed by atoms with Crippen LogP contribution < -0.4 is 20.4 Å². The van der Waals surface area contributed by atoms with Gasteiger partial charge in [0.2, 0.25) is 11.8 Å². The topological polar surface area (TPSA) is 107 Å². The number of rotatable bonds is 7. The Kier molecular flexibility index (Phi) is 6.86. The highest BCUT2D eigenvalue weighted by atomic mass is 32.1. The molecule has 4 amide bonds. The van der Waals surface area contributed by atoms with Gasteiger partial charge in [0.25, 0.3) is 0 Å². The van der Waals surface area contributed by atoms with E-state index in [0.717, 1.165) is 18.8 Å². The number of hydrogen-bond donors (Lipinski definition) is 2. The second-order valence-electron chi connectivity index (χ2n) is 7.63. The number of morpholine rings is 1. The summed E-state index contributed by atoms with van der Waals surface area (Å²) < 4.78 is 5.37. The van der Waals surface area contributed by atoms with E-state index in [0.29, 0.717) is 42.8 Å². The van der Waals surface area contributed by atoms with Gasteiger partial charge < -0.3 is 25.2 Å². The van der Waals surface area contributed by atoms with Crippen molar-refractivity contribution in [3.63, 3.8) is 0 Å². The first-order valence-corrected chi connectivity index (χ1v) is 11.3. The number of aromatic nitrogens is 1. The maximum absolute atomic E-state index is 12.5. The summed E-state index contributed by atoms with van der Waals surface area (Å²) in [5, 5.41) is 7.89. The molecule has 2 saturated heterocycles. The summed E-state index contributed by atoms with van der Waals surface area (Å²) in [6.07, 6.45) is 0.0734. The number of urea groups is 1. The summed E-state index contributed by atoms with van der Waals surface area (Å²) in [5.41, 5.74) is 2.36. The Morgan fingerprint density at radius 1 is 1.22 bits per heavy atom. The van der Waals surface area contributed by atoms with Crippen LogP contribution in [0, 0.1) is 0 Å². The molecule has 2 aliphatic heterocycles. The number of benzene rings is 1. The minimum Gasteiger partial charge on any atom is -0.378 e. The number of nitrogens with zero attached hydrogens (tertiary/aromatic N) is 4. The van der Waals surface area contributed by atoms with Gasteiger partial charge in [0.15, 0.2) is 5.13 Å². The molecule has 170 valence electrons. The Morgan fingerprint density at radius 3 is 2.66 bits per heavy atom. The number of thiazole rings is 1. The van der Waals surface area contributed by atoms with Crippen LogP contribution in [-0.2, 0) is 20.7 Å². The van der Waals surface area contributed by atoms with Crippen molar-refractivity contribution < 1.29 is 19.1 Å². The normalized spacial score (nSPS) is 16.1. The lowest BCUT2D eigenvalue weighted by atomic mass is 10.2. The first-order valence-electron chi connectivity index (χ1n) is 10.5. The molecule has 0 unspecified atom stereocenters. The van der Waals surface area contributed by atoms with Crippen LogP contribution in [0.1, 0.15) is 5.69 Å². The predicted octanol–water partition coefficient (Wildman–Crippen LogP) is 1.15. The number of likely N-dealkylation sites (N-methyl/N-ethyl adjacent to an activating group) is 1. The summed E-state index contributed by atoms with van der Waals surface area (Å²) in [6, 6.07) is 7.47. The molecular formula is C21H26N6O4S. The standard InChI is InChI=1S/C21H26N6O4S/c1-25(19(29)12-16-14-32-21(24-16)27-7-6-22-20(27)30)13-18(28)23-15-2-4-17(5-3-15)26-8-10-31-11-9-26/h2-5,14H,6-13H2,1H3,(H,22,30)(H,23,28). The Morgan fingerprint density at radius 2 is 1.97 bits per heavy atom. The van der Waals surface area contributed by atoms with E-state index in [4.69, 9.17) is 4.74 Å². The SMILES string of the molecule is CN(CC(=O)Nc1ccc(N2CCOCC2)cc1)C(=O)Cc1csc(N2CCNC2=O)n1.